The lowest BCUT2D eigenvalue weighted by molar-refractivity contribution is 1.16. The quantitative estimate of drug-likeness (QED) is 0.749. The third kappa shape index (κ3) is 2.98. The summed E-state index contributed by atoms with van der Waals surface area (Å²) in [5.74, 6) is 0. The molecule has 23 heavy (non-hydrogen) atoms. The molecule has 0 aliphatic carbocycles. The lowest BCUT2D eigenvalue weighted by Crippen LogP contribution is -2.10. The molecule has 0 saturated carbocycles. The highest BCUT2D eigenvalue weighted by Gasteiger charge is 2.15. The number of halogens is 1. The lowest BCUT2D eigenvalue weighted by atomic mass is 10.1. The summed E-state index contributed by atoms with van der Waals surface area (Å²) >= 11 is 0. The van der Waals surface area contributed by atoms with Crippen molar-refractivity contribution in [2.24, 2.45) is 4.99 Å². The Labute approximate surface area is 144 Å². The normalized spacial score (nSPS) is 15.4. The van der Waals surface area contributed by atoms with Crippen LogP contribution >= 0.6 is 20.4 Å². The molecular weight excluding hydrogens is 326 g/mol. The summed E-state index contributed by atoms with van der Waals surface area (Å²) in [5, 5.41) is 7.80. The van der Waals surface area contributed by atoms with E-state index in [0.717, 1.165) is 44.9 Å². The van der Waals surface area contributed by atoms with Crippen molar-refractivity contribution >= 4 is 37.4 Å². The Morgan fingerprint density at radius 1 is 0.957 bits per heavy atom. The van der Waals surface area contributed by atoms with Crippen LogP contribution in [-0.2, 0) is 0 Å². The maximum Gasteiger partial charge on any atom is 0.0784 e. The number of benzene rings is 2. The molecule has 2 aromatic carbocycles. The van der Waals surface area contributed by atoms with Gasteiger partial charge >= 0.3 is 0 Å². The number of fused-ring (bicyclic) bond motifs is 2. The van der Waals surface area contributed by atoms with Crippen molar-refractivity contribution in [1.29, 1.82) is 0 Å². The van der Waals surface area contributed by atoms with Gasteiger partial charge in [0.2, 0.25) is 0 Å². The molecule has 1 unspecified atom stereocenters. The molecule has 0 radical (unpaired) electrons. The molecule has 1 aliphatic rings. The number of nitrogens with zero attached hydrogens (tertiary/aromatic N) is 1. The first-order chi connectivity index (χ1) is 11.0. The van der Waals surface area contributed by atoms with Crippen LogP contribution in [0.15, 0.2) is 34.2 Å². The van der Waals surface area contributed by atoms with Crippen molar-refractivity contribution in [3.63, 3.8) is 0 Å². The summed E-state index contributed by atoms with van der Waals surface area (Å²) in [6.07, 6.45) is 0. The van der Waals surface area contributed by atoms with Crippen LogP contribution in [0, 0.1) is 18.4 Å². The first-order valence-corrected chi connectivity index (χ1v) is 9.99. The molecule has 0 spiro atoms. The highest BCUT2D eigenvalue weighted by atomic mass is 35.7. The van der Waals surface area contributed by atoms with Crippen LogP contribution in [0.25, 0.3) is 0 Å². The number of hydrogen-bond acceptors (Lipinski definition) is 3. The van der Waals surface area contributed by atoms with Crippen LogP contribution in [0.3, 0.4) is 0 Å². The van der Waals surface area contributed by atoms with E-state index in [2.05, 4.69) is 62.6 Å². The van der Waals surface area contributed by atoms with Crippen LogP contribution in [0.2, 0.25) is 0 Å². The fraction of sp³-hybridized carbons (Fsp3) is 0.333. The predicted molar refractivity (Wildman–Crippen MR) is 102 cm³/mol. The molecule has 0 saturated heterocycles. The van der Waals surface area contributed by atoms with E-state index in [1.807, 2.05) is 0 Å². The number of nitrogens with one attached hydrogen (secondary N) is 2. The summed E-state index contributed by atoms with van der Waals surface area (Å²) in [6.45, 7) is 10.2. The Balaban J connectivity index is 2.25. The van der Waals surface area contributed by atoms with Crippen molar-refractivity contribution < 1.29 is 0 Å². The van der Waals surface area contributed by atoms with E-state index in [9.17, 15) is 0 Å². The zero-order valence-corrected chi connectivity index (χ0v) is 15.5. The second kappa shape index (κ2) is 6.54. The molecule has 0 bridgehead atoms. The zero-order chi connectivity index (χ0) is 16.6. The highest BCUT2D eigenvalue weighted by molar-refractivity contribution is 8.29. The van der Waals surface area contributed by atoms with E-state index in [0.29, 0.717) is 0 Å². The van der Waals surface area contributed by atoms with Crippen molar-refractivity contribution in [2.75, 3.05) is 23.7 Å². The Morgan fingerprint density at radius 2 is 1.57 bits per heavy atom. The van der Waals surface area contributed by atoms with E-state index in [1.54, 1.807) is 0 Å². The van der Waals surface area contributed by atoms with Gasteiger partial charge in [0.1, 0.15) is 0 Å². The smallest absolute Gasteiger partial charge is 0.0784 e. The van der Waals surface area contributed by atoms with Gasteiger partial charge in [0.25, 0.3) is 0 Å². The van der Waals surface area contributed by atoms with Crippen molar-refractivity contribution in [3.05, 3.63) is 45.3 Å². The average Bonchev–Trinajstić information content (AvgIpc) is 2.51. The summed E-state index contributed by atoms with van der Waals surface area (Å²) in [6, 6.07) is 8.57. The fourth-order valence-corrected chi connectivity index (χ4v) is 4.81. The van der Waals surface area contributed by atoms with Crippen molar-refractivity contribution in [1.82, 2.24) is 0 Å². The van der Waals surface area contributed by atoms with E-state index < -0.39 is 9.70 Å². The SMILES string of the molecule is CCNc1cc2c(cc1C)N=c1cc(C)c(NCC)cc1=S2Cl. The maximum atomic E-state index is 6.84. The molecule has 1 heterocycles. The van der Waals surface area contributed by atoms with Gasteiger partial charge in [-0.1, -0.05) is 9.70 Å². The molecule has 1 aliphatic heterocycles. The molecule has 0 fully saturated rings. The molecule has 2 N–H and O–H groups in total. The van der Waals surface area contributed by atoms with Crippen LogP contribution in [0.4, 0.5) is 17.1 Å². The van der Waals surface area contributed by atoms with Crippen molar-refractivity contribution in [3.8, 4) is 0 Å². The van der Waals surface area contributed by atoms with Gasteiger partial charge in [-0.05, 0) is 73.8 Å². The molecule has 3 rings (SSSR count). The second-order valence-electron chi connectivity index (χ2n) is 5.70. The lowest BCUT2D eigenvalue weighted by Gasteiger charge is -2.17. The largest absolute Gasteiger partial charge is 0.385 e. The molecule has 122 valence electrons. The number of rotatable bonds is 4. The van der Waals surface area contributed by atoms with E-state index in [4.69, 9.17) is 15.7 Å². The summed E-state index contributed by atoms with van der Waals surface area (Å²) in [5.41, 5.74) is 5.68. The summed E-state index contributed by atoms with van der Waals surface area (Å²) in [4.78, 5) is 5.95. The Morgan fingerprint density at radius 3 is 2.22 bits per heavy atom. The standard InChI is InChI=1S/C18H22ClN3S/c1-5-20-13-9-17-15(7-11(13)3)22-16-8-12(4)14(21-6-2)10-18(16)23(17)19/h7-10,20-21H,5-6H2,1-4H3. The minimum absolute atomic E-state index is 0.486. The number of anilines is 2. The topological polar surface area (TPSA) is 36.4 Å². The molecular formula is C18H22ClN3S. The van der Waals surface area contributed by atoms with Crippen LogP contribution in [0.1, 0.15) is 25.0 Å². The maximum absolute atomic E-state index is 6.84. The second-order valence-corrected chi connectivity index (χ2v) is 8.02. The number of aryl methyl sites for hydroxylation is 2. The number of hydrogen-bond donors (Lipinski definition) is 2. The van der Waals surface area contributed by atoms with Gasteiger partial charge in [-0.25, -0.2) is 4.99 Å². The molecule has 0 amide bonds. The van der Waals surface area contributed by atoms with Gasteiger partial charge in [0.15, 0.2) is 0 Å². The monoisotopic (exact) mass is 347 g/mol. The van der Waals surface area contributed by atoms with Crippen LogP contribution in [0.5, 0.6) is 0 Å². The van der Waals surface area contributed by atoms with E-state index in [-0.39, 0.29) is 0 Å². The Bertz CT molecular complexity index is 890. The van der Waals surface area contributed by atoms with Gasteiger partial charge in [0.05, 0.1) is 11.0 Å². The van der Waals surface area contributed by atoms with E-state index >= 15 is 0 Å². The fourth-order valence-electron chi connectivity index (χ4n) is 2.82. The predicted octanol–water partition coefficient (Wildman–Crippen LogP) is 5.16. The van der Waals surface area contributed by atoms with Gasteiger partial charge in [-0.15, -0.1) is 0 Å². The first-order valence-electron chi connectivity index (χ1n) is 7.94. The van der Waals surface area contributed by atoms with Crippen LogP contribution in [-0.4, -0.2) is 13.1 Å². The zero-order valence-electron chi connectivity index (χ0n) is 14.0. The molecule has 0 aromatic heterocycles. The van der Waals surface area contributed by atoms with Gasteiger partial charge < -0.3 is 10.6 Å². The summed E-state index contributed by atoms with van der Waals surface area (Å²) in [7, 11) is 6.35. The van der Waals surface area contributed by atoms with Gasteiger partial charge in [-0.3, -0.25) is 0 Å². The molecule has 3 nitrogen and oxygen atoms in total. The third-order valence-corrected chi connectivity index (χ3v) is 6.40. The Kier molecular flexibility index (Phi) is 4.64. The van der Waals surface area contributed by atoms with Gasteiger partial charge in [-0.2, -0.15) is 0 Å². The Hall–Kier alpha value is -1.52. The average molecular weight is 348 g/mol. The third-order valence-electron chi connectivity index (χ3n) is 3.97. The molecule has 2 aromatic rings. The molecule has 5 heteroatoms. The highest BCUT2D eigenvalue weighted by Crippen LogP contribution is 2.44. The summed E-state index contributed by atoms with van der Waals surface area (Å²) < 4.78 is 1.10. The molecule has 1 atom stereocenters. The van der Waals surface area contributed by atoms with E-state index in [1.165, 1.54) is 11.1 Å². The van der Waals surface area contributed by atoms with Crippen molar-refractivity contribution in [2.45, 2.75) is 32.6 Å². The first kappa shape index (κ1) is 16.3. The van der Waals surface area contributed by atoms with Crippen LogP contribution < -0.4 is 16.0 Å². The minimum Gasteiger partial charge on any atom is -0.385 e. The minimum atomic E-state index is -0.486. The van der Waals surface area contributed by atoms with Gasteiger partial charge in [0, 0.05) is 33.9 Å².